The van der Waals surface area contributed by atoms with Crippen molar-refractivity contribution in [3.63, 3.8) is 0 Å². The van der Waals surface area contributed by atoms with E-state index >= 15 is 0 Å². The lowest BCUT2D eigenvalue weighted by atomic mass is 9.89. The summed E-state index contributed by atoms with van der Waals surface area (Å²) >= 11 is 6.57. The van der Waals surface area contributed by atoms with Crippen LogP contribution in [0.25, 0.3) is 11.1 Å². The largest absolute Gasteiger partial charge is 0.543 e. The summed E-state index contributed by atoms with van der Waals surface area (Å²) in [5.74, 6) is -0.684. The number of carbonyl (C=O) groups excluding carboxylic acids is 2. The highest BCUT2D eigenvalue weighted by molar-refractivity contribution is 6.31. The molecule has 1 unspecified atom stereocenters. The average Bonchev–Trinajstić information content (AvgIpc) is 3.04. The number of carboxylic acid groups (broad SMARTS) is 1. The molecule has 0 saturated heterocycles. The molecule has 4 aromatic rings. The first kappa shape index (κ1) is 35.7. The van der Waals surface area contributed by atoms with Crippen LogP contribution in [0.2, 0.25) is 5.02 Å². The van der Waals surface area contributed by atoms with Gasteiger partial charge in [-0.3, -0.25) is 4.98 Å². The Morgan fingerprint density at radius 2 is 1.65 bits per heavy atom. The molecule has 3 aromatic carbocycles. The Bertz CT molecular complexity index is 1800. The number of amides is 1. The molecular weight excluding hydrogens is 657 g/mol. The number of halogens is 4. The van der Waals surface area contributed by atoms with Gasteiger partial charge in [0.15, 0.2) is 0 Å². The first-order valence-corrected chi connectivity index (χ1v) is 16.4. The molecule has 1 aliphatic carbocycles. The van der Waals surface area contributed by atoms with Crippen molar-refractivity contribution in [1.82, 2.24) is 9.88 Å². The Kier molecular flexibility index (Phi) is 10.9. The fourth-order valence-electron chi connectivity index (χ4n) is 5.91. The van der Waals surface area contributed by atoms with Crippen molar-refractivity contribution in [2.45, 2.75) is 70.7 Å². The number of carboxylic acids is 1. The van der Waals surface area contributed by atoms with Crippen molar-refractivity contribution in [3.05, 3.63) is 118 Å². The van der Waals surface area contributed by atoms with Crippen molar-refractivity contribution >= 4 is 23.7 Å². The number of fused-ring (bicyclic) bond motifs is 1. The fourth-order valence-corrected chi connectivity index (χ4v) is 6.19. The van der Waals surface area contributed by atoms with Gasteiger partial charge in [-0.1, -0.05) is 60.1 Å². The number of carbonyl (C=O) groups is 2. The molecule has 49 heavy (non-hydrogen) atoms. The van der Waals surface area contributed by atoms with Crippen LogP contribution in [0.3, 0.4) is 0 Å². The van der Waals surface area contributed by atoms with Crippen LogP contribution in [0, 0.1) is 0 Å². The Balaban J connectivity index is 1.27. The number of hydrogen-bond donors (Lipinski definition) is 0. The Morgan fingerprint density at radius 1 is 0.939 bits per heavy atom. The molecule has 0 radical (unpaired) electrons. The second kappa shape index (κ2) is 14.9. The SMILES string of the molecule is CC(C)(C)OC(=O)N(CCc1ccccc1OCCc1ccc(-c2ccc(C(F)(F)F)cc2)cc1Cl)C1CCCc2nc(C(=O)[O-])ccc21. The maximum Gasteiger partial charge on any atom is 0.416 e. The minimum Gasteiger partial charge on any atom is -0.543 e. The van der Waals surface area contributed by atoms with Crippen LogP contribution in [-0.4, -0.2) is 40.7 Å². The summed E-state index contributed by atoms with van der Waals surface area (Å²) in [5, 5.41) is 11.9. The third-order valence-electron chi connectivity index (χ3n) is 8.30. The summed E-state index contributed by atoms with van der Waals surface area (Å²) in [5.41, 5.74) is 2.93. The number of alkyl halides is 3. The lowest BCUT2D eigenvalue weighted by Crippen LogP contribution is -2.41. The molecule has 5 rings (SSSR count). The van der Waals surface area contributed by atoms with Gasteiger partial charge in [0.1, 0.15) is 11.4 Å². The number of nitrogens with zero attached hydrogens (tertiary/aromatic N) is 2. The maximum absolute atomic E-state index is 13.6. The van der Waals surface area contributed by atoms with Gasteiger partial charge < -0.3 is 24.3 Å². The quantitative estimate of drug-likeness (QED) is 0.166. The van der Waals surface area contributed by atoms with Gasteiger partial charge in [-0.2, -0.15) is 13.2 Å². The van der Waals surface area contributed by atoms with Gasteiger partial charge in [-0.25, -0.2) is 4.79 Å². The minimum atomic E-state index is -4.40. The lowest BCUT2D eigenvalue weighted by molar-refractivity contribution is -0.255. The number of rotatable bonds is 10. The molecule has 0 aliphatic heterocycles. The van der Waals surface area contributed by atoms with Crippen molar-refractivity contribution in [1.29, 1.82) is 0 Å². The molecule has 0 spiro atoms. The zero-order valence-electron chi connectivity index (χ0n) is 27.5. The fraction of sp³-hybridized carbons (Fsp3) is 0.342. The van der Waals surface area contributed by atoms with E-state index in [0.29, 0.717) is 66.4 Å². The molecule has 0 N–H and O–H groups in total. The Hall–Kier alpha value is -4.57. The van der Waals surface area contributed by atoms with Crippen LogP contribution in [-0.2, 0) is 30.2 Å². The van der Waals surface area contributed by atoms with Gasteiger partial charge in [0, 0.05) is 23.7 Å². The van der Waals surface area contributed by atoms with Crippen LogP contribution in [0.5, 0.6) is 5.75 Å². The zero-order chi connectivity index (χ0) is 35.3. The van der Waals surface area contributed by atoms with Crippen LogP contribution < -0.4 is 9.84 Å². The molecule has 258 valence electrons. The van der Waals surface area contributed by atoms with E-state index in [1.165, 1.54) is 18.2 Å². The first-order chi connectivity index (χ1) is 23.2. The molecular formula is C38H37ClF3N2O5-. The van der Waals surface area contributed by atoms with Gasteiger partial charge in [0.05, 0.1) is 29.9 Å². The normalized spacial score (nSPS) is 14.6. The summed E-state index contributed by atoms with van der Waals surface area (Å²) < 4.78 is 50.9. The van der Waals surface area contributed by atoms with Crippen LogP contribution in [0.4, 0.5) is 18.0 Å². The van der Waals surface area contributed by atoms with Crippen molar-refractivity contribution < 1.29 is 37.3 Å². The number of aromatic carboxylic acids is 1. The lowest BCUT2D eigenvalue weighted by Gasteiger charge is -2.36. The highest BCUT2D eigenvalue weighted by atomic mass is 35.5. The molecule has 1 aliphatic rings. The van der Waals surface area contributed by atoms with Gasteiger partial charge in [-0.05, 0) is 105 Å². The first-order valence-electron chi connectivity index (χ1n) is 16.1. The second-order valence-corrected chi connectivity index (χ2v) is 13.3. The number of aromatic nitrogens is 1. The standard InChI is InChI=1S/C38H38ClF3N2O5/c1-37(2,3)49-36(47)44(33-9-6-8-31-29(33)17-18-32(43-31)35(45)46)21-19-26-7-4-5-10-34(26)48-22-20-25-11-12-27(23-30(25)39)24-13-15-28(16-14-24)38(40,41)42/h4-5,7,10-18,23,33H,6,8-9,19-22H2,1-3H3,(H,45,46)/p-1. The van der Waals surface area contributed by atoms with Gasteiger partial charge >= 0.3 is 12.3 Å². The highest BCUT2D eigenvalue weighted by Gasteiger charge is 2.33. The number of pyridine rings is 1. The molecule has 0 fully saturated rings. The molecule has 0 saturated carbocycles. The van der Waals surface area contributed by atoms with Crippen molar-refractivity contribution in [2.75, 3.05) is 13.2 Å². The highest BCUT2D eigenvalue weighted by Crippen LogP contribution is 2.36. The average molecular weight is 694 g/mol. The van der Waals surface area contributed by atoms with E-state index in [1.54, 1.807) is 17.0 Å². The molecule has 0 bridgehead atoms. The molecule has 1 aromatic heterocycles. The Labute approximate surface area is 288 Å². The number of para-hydroxylation sites is 1. The van der Waals surface area contributed by atoms with Gasteiger partial charge in [0.2, 0.25) is 0 Å². The third-order valence-corrected chi connectivity index (χ3v) is 8.65. The summed E-state index contributed by atoms with van der Waals surface area (Å²) in [7, 11) is 0. The molecule has 1 atom stereocenters. The predicted octanol–water partition coefficient (Wildman–Crippen LogP) is 8.26. The molecule has 11 heteroatoms. The Morgan fingerprint density at radius 3 is 2.33 bits per heavy atom. The van der Waals surface area contributed by atoms with Crippen molar-refractivity contribution in [2.24, 2.45) is 0 Å². The number of ether oxygens (including phenoxy) is 2. The van der Waals surface area contributed by atoms with Gasteiger partial charge in [-0.15, -0.1) is 0 Å². The smallest absolute Gasteiger partial charge is 0.416 e. The molecule has 1 amide bonds. The van der Waals surface area contributed by atoms with E-state index in [1.807, 2.05) is 57.2 Å². The topological polar surface area (TPSA) is 91.8 Å². The van der Waals surface area contributed by atoms with E-state index in [2.05, 4.69) is 4.98 Å². The van der Waals surface area contributed by atoms with Crippen LogP contribution in [0.15, 0.2) is 78.9 Å². The third kappa shape index (κ3) is 9.12. The molecule has 7 nitrogen and oxygen atoms in total. The number of aryl methyl sites for hydroxylation is 1. The predicted molar refractivity (Wildman–Crippen MR) is 178 cm³/mol. The van der Waals surface area contributed by atoms with E-state index < -0.39 is 29.4 Å². The van der Waals surface area contributed by atoms with Crippen LogP contribution in [0.1, 0.15) is 78.1 Å². The summed E-state index contributed by atoms with van der Waals surface area (Å²) in [6, 6.07) is 20.7. The van der Waals surface area contributed by atoms with E-state index in [-0.39, 0.29) is 11.7 Å². The summed E-state index contributed by atoms with van der Waals surface area (Å²) in [6.07, 6.45) is -1.90. The second-order valence-electron chi connectivity index (χ2n) is 12.9. The summed E-state index contributed by atoms with van der Waals surface area (Å²) in [4.78, 5) is 31.0. The zero-order valence-corrected chi connectivity index (χ0v) is 28.2. The maximum atomic E-state index is 13.6. The number of hydrogen-bond acceptors (Lipinski definition) is 6. The minimum absolute atomic E-state index is 0.134. The van der Waals surface area contributed by atoms with Crippen LogP contribution >= 0.6 is 11.6 Å². The molecule has 1 heterocycles. The van der Waals surface area contributed by atoms with E-state index in [9.17, 15) is 27.9 Å². The van der Waals surface area contributed by atoms with Gasteiger partial charge in [0.25, 0.3) is 0 Å². The number of benzene rings is 3. The monoisotopic (exact) mass is 693 g/mol. The summed E-state index contributed by atoms with van der Waals surface area (Å²) in [6.45, 7) is 6.06. The van der Waals surface area contributed by atoms with E-state index in [0.717, 1.165) is 35.2 Å². The van der Waals surface area contributed by atoms with E-state index in [4.69, 9.17) is 21.1 Å². The van der Waals surface area contributed by atoms with Crippen molar-refractivity contribution in [3.8, 4) is 16.9 Å².